The Kier molecular flexibility index (Phi) is 9.38. The minimum atomic E-state index is -4.27. The Labute approximate surface area is 236 Å². The molecule has 10 nitrogen and oxygen atoms in total. The van der Waals surface area contributed by atoms with E-state index in [2.05, 4.69) is 32.3 Å². The molecule has 13 heteroatoms. The molecule has 0 saturated carbocycles. The van der Waals surface area contributed by atoms with Crippen molar-refractivity contribution in [1.29, 1.82) is 5.26 Å². The predicted molar refractivity (Wildman–Crippen MR) is 152 cm³/mol. The second-order valence-corrected chi connectivity index (χ2v) is 10.6. The average molecular weight is 580 g/mol. The normalized spacial score (nSPS) is 16.0. The molecule has 1 aliphatic rings. The molecule has 3 N–H and O–H groups in total. The predicted octanol–water partition coefficient (Wildman–Crippen LogP) is 4.62. The highest BCUT2D eigenvalue weighted by molar-refractivity contribution is 7.92. The minimum absolute atomic E-state index is 0.156. The maximum Gasteiger partial charge on any atom is 0.261 e. The summed E-state index contributed by atoms with van der Waals surface area (Å²) in [7, 11) is -4.27. The van der Waals surface area contributed by atoms with Gasteiger partial charge in [-0.3, -0.25) is 4.72 Å². The van der Waals surface area contributed by atoms with Gasteiger partial charge < -0.3 is 15.4 Å². The van der Waals surface area contributed by atoms with Crippen molar-refractivity contribution >= 4 is 33.9 Å². The van der Waals surface area contributed by atoms with Gasteiger partial charge >= 0.3 is 0 Å². The highest BCUT2D eigenvalue weighted by atomic mass is 32.2. The zero-order valence-electron chi connectivity index (χ0n) is 22.1. The van der Waals surface area contributed by atoms with Crippen LogP contribution in [-0.4, -0.2) is 44.2 Å². The number of allylic oxidation sites excluding steroid dienone is 3. The van der Waals surface area contributed by atoms with Crippen LogP contribution in [0.2, 0.25) is 0 Å². The summed E-state index contributed by atoms with van der Waals surface area (Å²) in [5, 5.41) is 15.5. The van der Waals surface area contributed by atoms with E-state index in [0.29, 0.717) is 17.2 Å². The smallest absolute Gasteiger partial charge is 0.261 e. The number of piperidine rings is 1. The third-order valence-corrected chi connectivity index (χ3v) is 7.44. The van der Waals surface area contributed by atoms with Crippen LogP contribution >= 0.6 is 0 Å². The molecule has 1 fully saturated rings. The molecule has 212 valence electrons. The molecule has 0 unspecified atom stereocenters. The van der Waals surface area contributed by atoms with Gasteiger partial charge in [-0.1, -0.05) is 12.2 Å². The fourth-order valence-electron chi connectivity index (χ4n) is 4.05. The maximum atomic E-state index is 15.1. The number of aromatic nitrogens is 2. The number of sulfonamides is 1. The Bertz CT molecular complexity index is 1630. The van der Waals surface area contributed by atoms with Crippen LogP contribution in [0.1, 0.15) is 31.0 Å². The van der Waals surface area contributed by atoms with Gasteiger partial charge in [-0.15, -0.1) is 0 Å². The van der Waals surface area contributed by atoms with Crippen molar-refractivity contribution in [1.82, 2.24) is 15.3 Å². The molecule has 0 radical (unpaired) electrons. The molecule has 2 aromatic carbocycles. The third kappa shape index (κ3) is 7.10. The molecule has 0 spiro atoms. The number of benzene rings is 2. The van der Waals surface area contributed by atoms with Gasteiger partial charge in [0, 0.05) is 18.8 Å². The molecule has 2 heterocycles. The van der Waals surface area contributed by atoms with Crippen LogP contribution in [0.25, 0.3) is 5.57 Å². The van der Waals surface area contributed by atoms with E-state index in [1.165, 1.54) is 24.3 Å². The summed E-state index contributed by atoms with van der Waals surface area (Å²) < 4.78 is 63.1. The zero-order chi connectivity index (χ0) is 29.4. The molecule has 3 aromatic rings. The van der Waals surface area contributed by atoms with Crippen LogP contribution in [0.4, 0.5) is 20.4 Å². The zero-order valence-corrected chi connectivity index (χ0v) is 22.9. The molecule has 0 amide bonds. The quantitative estimate of drug-likeness (QED) is 0.180. The molecule has 4 rings (SSSR count). The Morgan fingerprint density at radius 3 is 2.66 bits per heavy atom. The summed E-state index contributed by atoms with van der Waals surface area (Å²) in [4.78, 5) is 12.5. The minimum Gasteiger partial charge on any atom is -0.435 e. The molecule has 1 aliphatic heterocycles. The van der Waals surface area contributed by atoms with Crippen molar-refractivity contribution < 1.29 is 21.9 Å². The first-order valence-electron chi connectivity index (χ1n) is 12.6. The van der Waals surface area contributed by atoms with E-state index in [4.69, 9.17) is 10.00 Å². The number of nitrogens with one attached hydrogen (secondary N) is 3. The van der Waals surface area contributed by atoms with E-state index in [-0.39, 0.29) is 22.4 Å². The Morgan fingerprint density at radius 2 is 2.00 bits per heavy atom. The number of anilines is 2. The van der Waals surface area contributed by atoms with Gasteiger partial charge in [-0.2, -0.15) is 9.65 Å². The van der Waals surface area contributed by atoms with Crippen molar-refractivity contribution in [2.24, 2.45) is 4.99 Å². The van der Waals surface area contributed by atoms with Gasteiger partial charge in [0.2, 0.25) is 17.6 Å². The average Bonchev–Trinajstić information content (AvgIpc) is 2.99. The number of halogens is 2. The Morgan fingerprint density at radius 1 is 1.22 bits per heavy atom. The van der Waals surface area contributed by atoms with Gasteiger partial charge in [0.15, 0.2) is 11.6 Å². The van der Waals surface area contributed by atoms with Crippen LogP contribution in [0, 0.1) is 23.0 Å². The van der Waals surface area contributed by atoms with Crippen LogP contribution in [0.15, 0.2) is 76.6 Å². The van der Waals surface area contributed by atoms with E-state index in [9.17, 15) is 12.8 Å². The van der Waals surface area contributed by atoms with Crippen LogP contribution in [0.3, 0.4) is 0 Å². The second kappa shape index (κ2) is 13.1. The number of ether oxygens (including phenoxy) is 1. The van der Waals surface area contributed by atoms with Crippen molar-refractivity contribution in [3.63, 3.8) is 0 Å². The molecule has 41 heavy (non-hydrogen) atoms. The van der Waals surface area contributed by atoms with Gasteiger partial charge in [-0.25, -0.2) is 27.8 Å². The SMILES string of the molecule is C=N/C(Oc1ccc(NS(=O)(=O)c2ccc(C#N)cc2)c(F)c1F)=C(\C=C/C)c1ccnc(N[C@H]2CCCNC2)n1. The lowest BCUT2D eigenvalue weighted by atomic mass is 10.1. The van der Waals surface area contributed by atoms with Gasteiger partial charge in [0.25, 0.3) is 10.0 Å². The van der Waals surface area contributed by atoms with E-state index in [1.807, 2.05) is 10.8 Å². The first-order valence-corrected chi connectivity index (χ1v) is 14.1. The molecule has 1 aromatic heterocycles. The van der Waals surface area contributed by atoms with Gasteiger partial charge in [0.05, 0.1) is 33.5 Å². The van der Waals surface area contributed by atoms with Crippen LogP contribution in [0.5, 0.6) is 5.75 Å². The molecular formula is C28H27F2N7O3S. The van der Waals surface area contributed by atoms with Gasteiger partial charge in [0.1, 0.15) is 0 Å². The molecule has 1 atom stereocenters. The van der Waals surface area contributed by atoms with Crippen LogP contribution < -0.4 is 20.1 Å². The fraction of sp³-hybridized carbons (Fsp3) is 0.214. The first-order chi connectivity index (χ1) is 19.7. The number of hydrogen-bond donors (Lipinski definition) is 3. The standard InChI is InChI=1S/C28H27F2N7O3S/c1-3-5-21(22-13-15-34-28(36-22)35-19-6-4-14-33-17-19)27(32-2)40-24-12-11-23(25(29)26(24)30)37-41(38,39)20-9-7-18(16-31)8-10-20/h3,5,7-13,15,19,33,37H,2,4,6,14,17H2,1H3,(H,34,35,36)/b5-3-,27-21-/t19-/m0/s1. The highest BCUT2D eigenvalue weighted by Gasteiger charge is 2.22. The summed E-state index contributed by atoms with van der Waals surface area (Å²) in [6.45, 7) is 6.99. The molecule has 0 aliphatic carbocycles. The maximum absolute atomic E-state index is 15.1. The van der Waals surface area contributed by atoms with E-state index in [0.717, 1.165) is 38.1 Å². The number of hydrogen-bond acceptors (Lipinski definition) is 9. The first kappa shape index (κ1) is 29.3. The van der Waals surface area contributed by atoms with Crippen molar-refractivity contribution in [3.8, 4) is 11.8 Å². The summed E-state index contributed by atoms with van der Waals surface area (Å²) in [5.41, 5.74) is 0.351. The van der Waals surface area contributed by atoms with E-state index < -0.39 is 33.1 Å². The number of nitriles is 1. The summed E-state index contributed by atoms with van der Waals surface area (Å²) in [6.07, 6.45) is 6.87. The summed E-state index contributed by atoms with van der Waals surface area (Å²) in [6, 6.07) is 10.7. The third-order valence-electron chi connectivity index (χ3n) is 6.06. The van der Waals surface area contributed by atoms with Crippen molar-refractivity contribution in [2.45, 2.75) is 30.7 Å². The lowest BCUT2D eigenvalue weighted by Gasteiger charge is -2.23. The number of aliphatic imine (C=N–C) groups is 1. The lowest BCUT2D eigenvalue weighted by molar-refractivity contribution is 0.381. The molecule has 1 saturated heterocycles. The van der Waals surface area contributed by atoms with Crippen molar-refractivity contribution in [3.05, 3.63) is 89.6 Å². The summed E-state index contributed by atoms with van der Waals surface area (Å²) >= 11 is 0. The summed E-state index contributed by atoms with van der Waals surface area (Å²) in [5.74, 6) is -3.24. The lowest BCUT2D eigenvalue weighted by Crippen LogP contribution is -2.38. The van der Waals surface area contributed by atoms with Crippen LogP contribution in [-0.2, 0) is 10.0 Å². The second-order valence-electron chi connectivity index (χ2n) is 8.91. The fourth-order valence-corrected chi connectivity index (χ4v) is 5.11. The Balaban J connectivity index is 1.61. The highest BCUT2D eigenvalue weighted by Crippen LogP contribution is 2.31. The Hall–Kier alpha value is -4.67. The largest absolute Gasteiger partial charge is 0.435 e. The van der Waals surface area contributed by atoms with E-state index in [1.54, 1.807) is 31.3 Å². The van der Waals surface area contributed by atoms with Gasteiger partial charge in [-0.05, 0) is 75.5 Å². The number of rotatable bonds is 10. The topological polar surface area (TPSA) is 141 Å². The molecular weight excluding hydrogens is 552 g/mol. The van der Waals surface area contributed by atoms with Crippen molar-refractivity contribution in [2.75, 3.05) is 23.1 Å². The number of nitrogens with zero attached hydrogens (tertiary/aromatic N) is 4. The monoisotopic (exact) mass is 579 g/mol. The van der Waals surface area contributed by atoms with E-state index >= 15 is 4.39 Å². The molecule has 0 bridgehead atoms.